The highest BCUT2D eigenvalue weighted by Gasteiger charge is 2.70. The summed E-state index contributed by atoms with van der Waals surface area (Å²) in [6.45, 7) is 7.37. The molecule has 1 aromatic heterocycles. The van der Waals surface area contributed by atoms with Gasteiger partial charge >= 0.3 is 17.6 Å². The van der Waals surface area contributed by atoms with Gasteiger partial charge in [0.15, 0.2) is 0 Å². The topological polar surface area (TPSA) is 103 Å². The third-order valence-electron chi connectivity index (χ3n) is 10.5. The van der Waals surface area contributed by atoms with Crippen LogP contribution in [0.1, 0.15) is 90.5 Å². The van der Waals surface area contributed by atoms with Crippen LogP contribution < -0.4 is 5.63 Å². The fourth-order valence-corrected chi connectivity index (χ4v) is 9.02. The minimum atomic E-state index is -0.893. The lowest BCUT2D eigenvalue weighted by Crippen LogP contribution is -2.66. The van der Waals surface area contributed by atoms with Gasteiger partial charge in [0.1, 0.15) is 12.2 Å². The molecule has 35 heavy (non-hydrogen) atoms. The van der Waals surface area contributed by atoms with Crippen molar-refractivity contribution in [1.82, 2.24) is 0 Å². The van der Waals surface area contributed by atoms with Crippen LogP contribution >= 0.6 is 0 Å². The number of rotatable bonds is 3. The zero-order chi connectivity index (χ0) is 25.2. The van der Waals surface area contributed by atoms with E-state index in [1.807, 2.05) is 6.07 Å². The maximum atomic E-state index is 12.5. The van der Waals surface area contributed by atoms with Gasteiger partial charge in [-0.15, -0.1) is 0 Å². The SMILES string of the molecule is CC(=O)O[C@@H]1CC[C@]2(C)[C@H](CC[C@@H]3[C@@H]2[C@H](OC(C)=O)C[C@@]2(C)[C@@H](c4ccc(=O)oc4)CC[C@]32O)C1. The molecule has 0 spiro atoms. The van der Waals surface area contributed by atoms with Crippen molar-refractivity contribution in [2.75, 3.05) is 0 Å². The molecule has 7 nitrogen and oxygen atoms in total. The van der Waals surface area contributed by atoms with E-state index in [9.17, 15) is 19.5 Å². The molecule has 4 aliphatic rings. The molecule has 192 valence electrons. The van der Waals surface area contributed by atoms with Crippen LogP contribution in [0.25, 0.3) is 0 Å². The minimum absolute atomic E-state index is 0.0119. The van der Waals surface area contributed by atoms with E-state index in [1.165, 1.54) is 26.2 Å². The number of carbonyl (C=O) groups is 2. The molecule has 0 radical (unpaired) electrons. The van der Waals surface area contributed by atoms with Crippen molar-refractivity contribution in [3.8, 4) is 0 Å². The molecule has 0 unspecified atom stereocenters. The molecular weight excluding hydrogens is 448 g/mol. The highest BCUT2D eigenvalue weighted by Crippen LogP contribution is 2.71. The highest BCUT2D eigenvalue weighted by atomic mass is 16.5. The summed E-state index contributed by atoms with van der Waals surface area (Å²) in [4.78, 5) is 35.5. The molecule has 0 aromatic carbocycles. The Morgan fingerprint density at radius 1 is 1.03 bits per heavy atom. The maximum absolute atomic E-state index is 12.5. The first kappa shape index (κ1) is 24.5. The number of hydrogen-bond acceptors (Lipinski definition) is 7. The van der Waals surface area contributed by atoms with Gasteiger partial charge in [-0.25, -0.2) is 4.79 Å². The highest BCUT2D eigenvalue weighted by molar-refractivity contribution is 5.66. The largest absolute Gasteiger partial charge is 0.463 e. The van der Waals surface area contributed by atoms with Crippen LogP contribution in [-0.4, -0.2) is 34.9 Å². The Labute approximate surface area is 206 Å². The summed E-state index contributed by atoms with van der Waals surface area (Å²) in [6.07, 6.45) is 7.56. The molecule has 1 aromatic rings. The predicted molar refractivity (Wildman–Crippen MR) is 127 cm³/mol. The second-order valence-corrected chi connectivity index (χ2v) is 12.1. The third kappa shape index (κ3) is 3.76. The molecular formula is C28H38O7. The second kappa shape index (κ2) is 8.46. The Morgan fingerprint density at radius 3 is 2.43 bits per heavy atom. The average Bonchev–Trinajstić information content (AvgIpc) is 3.05. The van der Waals surface area contributed by atoms with Gasteiger partial charge < -0.3 is 19.0 Å². The van der Waals surface area contributed by atoms with E-state index in [0.29, 0.717) is 18.8 Å². The molecule has 0 bridgehead atoms. The standard InChI is InChI=1S/C28H38O7/c1-16(29)34-20-9-11-26(3)19(13-20)6-7-22-25(26)23(35-17(2)30)14-27(4)21(10-12-28(22,27)32)18-5-8-24(31)33-15-18/h5,8,15,19-23,25,32H,6-7,9-14H2,1-4H3/t19-,20-,21-,22-,23-,25-,26-,27+,28+/m1/s1. The molecule has 9 atom stereocenters. The lowest BCUT2D eigenvalue weighted by Gasteiger charge is -2.65. The summed E-state index contributed by atoms with van der Waals surface area (Å²) in [6, 6.07) is 3.26. The zero-order valence-electron chi connectivity index (χ0n) is 21.2. The fourth-order valence-electron chi connectivity index (χ4n) is 9.02. The zero-order valence-corrected chi connectivity index (χ0v) is 21.2. The van der Waals surface area contributed by atoms with E-state index in [0.717, 1.165) is 44.1 Å². The van der Waals surface area contributed by atoms with Gasteiger partial charge in [-0.2, -0.15) is 0 Å². The number of aliphatic hydroxyl groups is 1. The van der Waals surface area contributed by atoms with Crippen molar-refractivity contribution in [3.63, 3.8) is 0 Å². The van der Waals surface area contributed by atoms with Gasteiger partial charge in [-0.3, -0.25) is 9.59 Å². The third-order valence-corrected chi connectivity index (χ3v) is 10.5. The van der Waals surface area contributed by atoms with Crippen LogP contribution in [0.5, 0.6) is 0 Å². The summed E-state index contributed by atoms with van der Waals surface area (Å²) >= 11 is 0. The lowest BCUT2D eigenvalue weighted by molar-refractivity contribution is -0.246. The molecule has 5 rings (SSSR count). The van der Waals surface area contributed by atoms with Crippen molar-refractivity contribution in [3.05, 3.63) is 34.4 Å². The van der Waals surface area contributed by atoms with Gasteiger partial charge in [-0.05, 0) is 86.2 Å². The lowest BCUT2D eigenvalue weighted by atomic mass is 9.42. The molecule has 4 saturated carbocycles. The van der Waals surface area contributed by atoms with E-state index < -0.39 is 11.0 Å². The molecule has 4 fully saturated rings. The van der Waals surface area contributed by atoms with Crippen LogP contribution in [0.2, 0.25) is 0 Å². The van der Waals surface area contributed by atoms with Gasteiger partial charge in [0, 0.05) is 31.2 Å². The molecule has 0 saturated heterocycles. The normalized spacial score (nSPS) is 44.5. The van der Waals surface area contributed by atoms with E-state index in [4.69, 9.17) is 13.9 Å². The summed E-state index contributed by atoms with van der Waals surface area (Å²) in [7, 11) is 0. The van der Waals surface area contributed by atoms with Crippen LogP contribution in [0.15, 0.2) is 27.6 Å². The van der Waals surface area contributed by atoms with E-state index >= 15 is 0 Å². The van der Waals surface area contributed by atoms with Crippen molar-refractivity contribution < 1.29 is 28.6 Å². The quantitative estimate of drug-likeness (QED) is 0.634. The number of carbonyl (C=O) groups excluding carboxylic acids is 2. The van der Waals surface area contributed by atoms with Crippen molar-refractivity contribution in [2.24, 2.45) is 28.6 Å². The second-order valence-electron chi connectivity index (χ2n) is 12.1. The van der Waals surface area contributed by atoms with Gasteiger partial charge in [0.2, 0.25) is 0 Å². The number of esters is 2. The number of fused-ring (bicyclic) bond motifs is 5. The van der Waals surface area contributed by atoms with Gasteiger partial charge in [0.05, 0.1) is 11.9 Å². The Bertz CT molecular complexity index is 1040. The van der Waals surface area contributed by atoms with E-state index in [-0.39, 0.29) is 52.9 Å². The van der Waals surface area contributed by atoms with Crippen LogP contribution in [0, 0.1) is 28.6 Å². The molecule has 1 N–H and O–H groups in total. The van der Waals surface area contributed by atoms with E-state index in [1.54, 1.807) is 0 Å². The first-order valence-electron chi connectivity index (χ1n) is 13.1. The minimum Gasteiger partial charge on any atom is -0.463 e. The van der Waals surface area contributed by atoms with Crippen molar-refractivity contribution >= 4 is 11.9 Å². The maximum Gasteiger partial charge on any atom is 0.335 e. The van der Waals surface area contributed by atoms with Crippen LogP contribution in [0.3, 0.4) is 0 Å². The molecule has 0 amide bonds. The monoisotopic (exact) mass is 486 g/mol. The summed E-state index contributed by atoms with van der Waals surface area (Å²) in [5, 5.41) is 12.5. The fraction of sp³-hybridized carbons (Fsp3) is 0.750. The van der Waals surface area contributed by atoms with Gasteiger partial charge in [0.25, 0.3) is 0 Å². The Balaban J connectivity index is 1.52. The Kier molecular flexibility index (Phi) is 5.93. The summed E-state index contributed by atoms with van der Waals surface area (Å²) in [5.41, 5.74) is -0.967. The summed E-state index contributed by atoms with van der Waals surface area (Å²) < 4.78 is 16.9. The van der Waals surface area contributed by atoms with E-state index in [2.05, 4.69) is 13.8 Å². The predicted octanol–water partition coefficient (Wildman–Crippen LogP) is 4.35. The van der Waals surface area contributed by atoms with Crippen molar-refractivity contribution in [2.45, 2.75) is 103 Å². The Hall–Kier alpha value is -2.15. The van der Waals surface area contributed by atoms with Gasteiger partial charge in [-0.1, -0.05) is 13.8 Å². The number of hydrogen-bond donors (Lipinski definition) is 1. The molecule has 7 heteroatoms. The average molecular weight is 487 g/mol. The number of ether oxygens (including phenoxy) is 2. The first-order valence-corrected chi connectivity index (χ1v) is 13.1. The summed E-state index contributed by atoms with van der Waals surface area (Å²) in [5.74, 6) is -0.0923. The van der Waals surface area contributed by atoms with Crippen molar-refractivity contribution in [1.29, 1.82) is 0 Å². The molecule has 1 heterocycles. The molecule has 0 aliphatic heterocycles. The molecule has 4 aliphatic carbocycles. The smallest absolute Gasteiger partial charge is 0.335 e. The van der Waals surface area contributed by atoms with Crippen LogP contribution in [0.4, 0.5) is 0 Å². The van der Waals surface area contributed by atoms with Crippen LogP contribution in [-0.2, 0) is 19.1 Å². The Morgan fingerprint density at radius 2 is 1.77 bits per heavy atom. The first-order chi connectivity index (χ1) is 16.5.